The third kappa shape index (κ3) is 6.49. The molecule has 11 heteroatoms. The van der Waals surface area contributed by atoms with Crippen LogP contribution in [0.25, 0.3) is 11.1 Å². The standard InChI is InChI=1S/C23H22F3N3O4S/c24-23(25,26)18-8-6-16(7-9-18)15-2-4-17(5-3-15)22(31)28-19-10-11-21(30)20(14-19)29-34(32,33)13-1-12-27/h2-11,14,29-30H,1,12-13,27H2,(H,28,31). The number of carbonyl (C=O) groups is 1. The number of halogens is 3. The van der Waals surface area contributed by atoms with Gasteiger partial charge in [0.15, 0.2) is 0 Å². The summed E-state index contributed by atoms with van der Waals surface area (Å²) in [5.41, 5.74) is 6.19. The lowest BCUT2D eigenvalue weighted by Crippen LogP contribution is -2.19. The van der Waals surface area contributed by atoms with Gasteiger partial charge in [-0.1, -0.05) is 24.3 Å². The van der Waals surface area contributed by atoms with Gasteiger partial charge in [-0.25, -0.2) is 8.42 Å². The maximum Gasteiger partial charge on any atom is 0.416 e. The highest BCUT2D eigenvalue weighted by Crippen LogP contribution is 2.31. The van der Waals surface area contributed by atoms with Crippen LogP contribution < -0.4 is 15.8 Å². The van der Waals surface area contributed by atoms with Gasteiger partial charge in [0.25, 0.3) is 5.91 Å². The second-order valence-corrected chi connectivity index (χ2v) is 9.24. The van der Waals surface area contributed by atoms with E-state index in [1.165, 1.54) is 42.5 Å². The van der Waals surface area contributed by atoms with Crippen molar-refractivity contribution in [2.45, 2.75) is 12.6 Å². The van der Waals surface area contributed by atoms with Gasteiger partial charge in [-0.3, -0.25) is 9.52 Å². The first-order valence-corrected chi connectivity index (χ1v) is 11.8. The quantitative estimate of drug-likeness (QED) is 0.273. The number of nitrogens with one attached hydrogen (secondary N) is 2. The van der Waals surface area contributed by atoms with E-state index < -0.39 is 27.7 Å². The highest BCUT2D eigenvalue weighted by molar-refractivity contribution is 7.92. The summed E-state index contributed by atoms with van der Waals surface area (Å²) >= 11 is 0. The lowest BCUT2D eigenvalue weighted by atomic mass is 10.0. The molecule has 0 fully saturated rings. The predicted molar refractivity (Wildman–Crippen MR) is 124 cm³/mol. The molecule has 0 aliphatic heterocycles. The number of nitrogens with two attached hydrogens (primary N) is 1. The molecule has 0 aliphatic carbocycles. The average Bonchev–Trinajstić information content (AvgIpc) is 2.79. The number of hydrogen-bond donors (Lipinski definition) is 4. The molecule has 0 saturated heterocycles. The number of phenols is 1. The monoisotopic (exact) mass is 493 g/mol. The minimum atomic E-state index is -4.42. The zero-order valence-corrected chi connectivity index (χ0v) is 18.6. The third-order valence-electron chi connectivity index (χ3n) is 4.83. The Labute approximate surface area is 194 Å². The van der Waals surface area contributed by atoms with E-state index in [4.69, 9.17) is 5.73 Å². The number of hydrogen-bond acceptors (Lipinski definition) is 5. The van der Waals surface area contributed by atoms with E-state index in [2.05, 4.69) is 10.0 Å². The van der Waals surface area contributed by atoms with Gasteiger partial charge in [0.2, 0.25) is 10.0 Å². The molecule has 3 aromatic rings. The third-order valence-corrected chi connectivity index (χ3v) is 6.19. The molecule has 0 unspecified atom stereocenters. The Morgan fingerprint density at radius 1 is 0.941 bits per heavy atom. The summed E-state index contributed by atoms with van der Waals surface area (Å²) < 4.78 is 64.6. The lowest BCUT2D eigenvalue weighted by Gasteiger charge is -2.12. The summed E-state index contributed by atoms with van der Waals surface area (Å²) in [6, 6.07) is 14.8. The molecule has 0 bridgehead atoms. The molecule has 7 nitrogen and oxygen atoms in total. The molecule has 0 aliphatic rings. The van der Waals surface area contributed by atoms with Crippen molar-refractivity contribution >= 4 is 27.3 Å². The van der Waals surface area contributed by atoms with Gasteiger partial charge in [0.1, 0.15) is 5.75 Å². The molecule has 5 N–H and O–H groups in total. The van der Waals surface area contributed by atoms with E-state index in [0.29, 0.717) is 11.1 Å². The molecule has 0 heterocycles. The number of rotatable bonds is 8. The number of sulfonamides is 1. The van der Waals surface area contributed by atoms with Crippen molar-refractivity contribution < 1.29 is 31.5 Å². The Morgan fingerprint density at radius 3 is 2.09 bits per heavy atom. The van der Waals surface area contributed by atoms with Gasteiger partial charge >= 0.3 is 6.18 Å². The number of amides is 1. The van der Waals surface area contributed by atoms with E-state index in [1.54, 1.807) is 12.1 Å². The fraction of sp³-hybridized carbons (Fsp3) is 0.174. The Kier molecular flexibility index (Phi) is 7.48. The molecule has 34 heavy (non-hydrogen) atoms. The van der Waals surface area contributed by atoms with Gasteiger partial charge in [0.05, 0.1) is 17.0 Å². The van der Waals surface area contributed by atoms with Crippen LogP contribution >= 0.6 is 0 Å². The van der Waals surface area contributed by atoms with Gasteiger partial charge in [-0.2, -0.15) is 13.2 Å². The van der Waals surface area contributed by atoms with Gasteiger partial charge in [0, 0.05) is 11.3 Å². The number of anilines is 2. The highest BCUT2D eigenvalue weighted by Gasteiger charge is 2.30. The summed E-state index contributed by atoms with van der Waals surface area (Å²) in [6.07, 6.45) is -4.17. The first-order chi connectivity index (χ1) is 16.0. The molecule has 0 atom stereocenters. The largest absolute Gasteiger partial charge is 0.506 e. The molecular weight excluding hydrogens is 471 g/mol. The summed E-state index contributed by atoms with van der Waals surface area (Å²) in [6.45, 7) is 0.195. The van der Waals surface area contributed by atoms with Crippen LogP contribution in [0.3, 0.4) is 0 Å². The van der Waals surface area contributed by atoms with E-state index in [9.17, 15) is 31.5 Å². The van der Waals surface area contributed by atoms with Crippen molar-refractivity contribution in [1.29, 1.82) is 0 Å². The second kappa shape index (κ2) is 10.1. The Hall–Kier alpha value is -3.57. The average molecular weight is 494 g/mol. The van der Waals surface area contributed by atoms with E-state index in [1.807, 2.05) is 0 Å². The Bertz CT molecular complexity index is 1260. The predicted octanol–water partition coefficient (Wildman–Crippen LogP) is 4.42. The number of aromatic hydroxyl groups is 1. The number of benzene rings is 3. The topological polar surface area (TPSA) is 122 Å². The van der Waals surface area contributed by atoms with Crippen molar-refractivity contribution in [3.05, 3.63) is 77.9 Å². The van der Waals surface area contributed by atoms with Crippen LogP contribution in [0.15, 0.2) is 66.7 Å². The van der Waals surface area contributed by atoms with Crippen LogP contribution in [0, 0.1) is 0 Å². The van der Waals surface area contributed by atoms with E-state index in [0.717, 1.165) is 12.1 Å². The van der Waals surface area contributed by atoms with Crippen LogP contribution in [-0.2, 0) is 16.2 Å². The van der Waals surface area contributed by atoms with E-state index in [-0.39, 0.29) is 41.4 Å². The smallest absolute Gasteiger partial charge is 0.416 e. The van der Waals surface area contributed by atoms with Gasteiger partial charge in [-0.05, 0) is 66.6 Å². The highest BCUT2D eigenvalue weighted by atomic mass is 32.2. The van der Waals surface area contributed by atoms with Gasteiger partial charge in [-0.15, -0.1) is 0 Å². The zero-order chi connectivity index (χ0) is 24.9. The van der Waals surface area contributed by atoms with Gasteiger partial charge < -0.3 is 16.2 Å². The molecule has 0 radical (unpaired) electrons. The lowest BCUT2D eigenvalue weighted by molar-refractivity contribution is -0.137. The van der Waals surface area contributed by atoms with Crippen molar-refractivity contribution in [2.75, 3.05) is 22.3 Å². The number of alkyl halides is 3. The van der Waals surface area contributed by atoms with Crippen LogP contribution in [0.1, 0.15) is 22.3 Å². The van der Waals surface area contributed by atoms with Crippen LogP contribution in [0.2, 0.25) is 0 Å². The second-order valence-electron chi connectivity index (χ2n) is 7.40. The molecule has 180 valence electrons. The Morgan fingerprint density at radius 2 is 1.53 bits per heavy atom. The fourth-order valence-electron chi connectivity index (χ4n) is 3.06. The number of phenolic OH excluding ortho intramolecular Hbond substituents is 1. The minimum Gasteiger partial charge on any atom is -0.506 e. The van der Waals surface area contributed by atoms with Crippen molar-refractivity contribution in [2.24, 2.45) is 5.73 Å². The normalized spacial score (nSPS) is 11.8. The van der Waals surface area contributed by atoms with Crippen molar-refractivity contribution in [1.82, 2.24) is 0 Å². The first kappa shape index (κ1) is 25.1. The minimum absolute atomic E-state index is 0.0903. The van der Waals surface area contributed by atoms with E-state index >= 15 is 0 Å². The number of carbonyl (C=O) groups excluding carboxylic acids is 1. The molecule has 0 spiro atoms. The van der Waals surface area contributed by atoms with Crippen LogP contribution in [-0.4, -0.2) is 31.7 Å². The molecular formula is C23H22F3N3O4S. The maximum atomic E-state index is 12.7. The summed E-state index contributed by atoms with van der Waals surface area (Å²) in [7, 11) is -3.72. The summed E-state index contributed by atoms with van der Waals surface area (Å²) in [5.74, 6) is -1.03. The summed E-state index contributed by atoms with van der Waals surface area (Å²) in [5, 5.41) is 12.6. The van der Waals surface area contributed by atoms with Crippen LogP contribution in [0.4, 0.5) is 24.5 Å². The first-order valence-electron chi connectivity index (χ1n) is 10.1. The van der Waals surface area contributed by atoms with Crippen molar-refractivity contribution in [3.63, 3.8) is 0 Å². The Balaban J connectivity index is 1.71. The molecule has 1 amide bonds. The fourth-order valence-corrected chi connectivity index (χ4v) is 4.20. The van der Waals surface area contributed by atoms with Crippen molar-refractivity contribution in [3.8, 4) is 16.9 Å². The molecule has 0 saturated carbocycles. The molecule has 0 aromatic heterocycles. The molecule has 3 aromatic carbocycles. The zero-order valence-electron chi connectivity index (χ0n) is 17.8. The molecule has 3 rings (SSSR count). The SMILES string of the molecule is NCCCS(=O)(=O)Nc1cc(NC(=O)c2ccc(-c3ccc(C(F)(F)F)cc3)cc2)ccc1O. The van der Waals surface area contributed by atoms with Crippen LogP contribution in [0.5, 0.6) is 5.75 Å². The maximum absolute atomic E-state index is 12.7. The summed E-state index contributed by atoms with van der Waals surface area (Å²) in [4.78, 5) is 12.6.